The number of aromatic nitrogens is 1. The molecule has 2 aromatic rings. The third kappa shape index (κ3) is 5.93. The first-order chi connectivity index (χ1) is 15.4. The van der Waals surface area contributed by atoms with Crippen molar-refractivity contribution in [1.82, 2.24) is 9.88 Å². The number of nitrogens with zero attached hydrogens (tertiary/aromatic N) is 3. The summed E-state index contributed by atoms with van der Waals surface area (Å²) in [5.74, 6) is -0.636. The average Bonchev–Trinajstić information content (AvgIpc) is 3.18. The number of rotatable bonds is 9. The van der Waals surface area contributed by atoms with E-state index in [4.69, 9.17) is 4.74 Å². The average molecular weight is 438 g/mol. The fraction of sp³-hybridized carbons (Fsp3) is 0.440. The predicted octanol–water partition coefficient (Wildman–Crippen LogP) is 3.54. The molecule has 1 aromatic carbocycles. The van der Waals surface area contributed by atoms with Gasteiger partial charge in [0, 0.05) is 44.1 Å². The molecule has 1 saturated heterocycles. The van der Waals surface area contributed by atoms with Gasteiger partial charge in [-0.15, -0.1) is 0 Å². The Kier molecular flexibility index (Phi) is 7.98. The number of anilines is 1. The maximum absolute atomic E-state index is 13.4. The van der Waals surface area contributed by atoms with Crippen LogP contribution in [0.1, 0.15) is 50.7 Å². The minimum atomic E-state index is -0.455. The molecular formula is C25H31N3O4. The molecule has 7 nitrogen and oxygen atoms in total. The van der Waals surface area contributed by atoms with Crippen LogP contribution in [0.3, 0.4) is 0 Å². The summed E-state index contributed by atoms with van der Waals surface area (Å²) in [4.78, 5) is 45.5. The molecule has 3 rings (SSSR count). The summed E-state index contributed by atoms with van der Waals surface area (Å²) in [6.45, 7) is 7.18. The number of amides is 2. The number of pyridine rings is 1. The fourth-order valence-electron chi connectivity index (χ4n) is 3.87. The first-order valence-corrected chi connectivity index (χ1v) is 11.1. The van der Waals surface area contributed by atoms with Crippen LogP contribution < -0.4 is 4.90 Å². The van der Waals surface area contributed by atoms with Crippen LogP contribution in [0.4, 0.5) is 5.69 Å². The van der Waals surface area contributed by atoms with Gasteiger partial charge in [0.1, 0.15) is 0 Å². The number of hydrogen-bond donors (Lipinski definition) is 0. The smallest absolute Gasteiger partial charge is 0.307 e. The summed E-state index contributed by atoms with van der Waals surface area (Å²) in [5.41, 5.74) is 2.84. The van der Waals surface area contributed by atoms with E-state index in [9.17, 15) is 14.4 Å². The van der Waals surface area contributed by atoms with Gasteiger partial charge in [-0.25, -0.2) is 0 Å². The van der Waals surface area contributed by atoms with Crippen molar-refractivity contribution in [3.8, 4) is 0 Å². The van der Waals surface area contributed by atoms with Crippen LogP contribution in [0.25, 0.3) is 0 Å². The molecule has 1 fully saturated rings. The summed E-state index contributed by atoms with van der Waals surface area (Å²) in [5, 5.41) is 0. The van der Waals surface area contributed by atoms with Gasteiger partial charge in [-0.2, -0.15) is 0 Å². The van der Waals surface area contributed by atoms with E-state index in [0.29, 0.717) is 25.6 Å². The van der Waals surface area contributed by atoms with Crippen LogP contribution in [0, 0.1) is 5.92 Å². The minimum Gasteiger partial charge on any atom is -0.466 e. The minimum absolute atomic E-state index is 0.0593. The lowest BCUT2D eigenvalue weighted by Crippen LogP contribution is -2.38. The molecule has 0 spiro atoms. The molecule has 0 aliphatic carbocycles. The SMILES string of the molecule is CCOC(=O)CCN(Cc1cccnc1)C(=O)C1CC(=O)N(c2cccc(C(C)C)c2)C1. The lowest BCUT2D eigenvalue weighted by atomic mass is 10.0. The Morgan fingerprint density at radius 1 is 1.25 bits per heavy atom. The standard InChI is InChI=1S/C25H31N3O4/c1-4-32-24(30)10-12-27(16-19-7-6-11-26-15-19)25(31)21-14-23(29)28(17-21)22-9-5-8-20(13-22)18(2)3/h5-9,11,13,15,18,21H,4,10,12,14,16-17H2,1-3H3. The van der Waals surface area contributed by atoms with Gasteiger partial charge in [-0.3, -0.25) is 19.4 Å². The molecule has 0 bridgehead atoms. The largest absolute Gasteiger partial charge is 0.466 e. The van der Waals surface area contributed by atoms with E-state index in [-0.39, 0.29) is 37.2 Å². The van der Waals surface area contributed by atoms with Gasteiger partial charge in [0.05, 0.1) is 18.9 Å². The summed E-state index contributed by atoms with van der Waals surface area (Å²) < 4.78 is 5.02. The van der Waals surface area contributed by atoms with Gasteiger partial charge in [0.2, 0.25) is 11.8 Å². The van der Waals surface area contributed by atoms with Crippen molar-refractivity contribution >= 4 is 23.5 Å². The molecule has 0 saturated carbocycles. The third-order valence-electron chi connectivity index (χ3n) is 5.62. The van der Waals surface area contributed by atoms with E-state index < -0.39 is 5.92 Å². The number of hydrogen-bond acceptors (Lipinski definition) is 5. The molecule has 1 atom stereocenters. The van der Waals surface area contributed by atoms with Crippen molar-refractivity contribution < 1.29 is 19.1 Å². The predicted molar refractivity (Wildman–Crippen MR) is 122 cm³/mol. The van der Waals surface area contributed by atoms with Gasteiger partial charge in [-0.1, -0.05) is 32.0 Å². The summed E-state index contributed by atoms with van der Waals surface area (Å²) in [7, 11) is 0. The Labute approximate surface area is 189 Å². The van der Waals surface area contributed by atoms with E-state index >= 15 is 0 Å². The highest BCUT2D eigenvalue weighted by atomic mass is 16.5. The highest BCUT2D eigenvalue weighted by Gasteiger charge is 2.37. The second-order valence-electron chi connectivity index (χ2n) is 8.33. The van der Waals surface area contributed by atoms with Crippen LogP contribution in [0.15, 0.2) is 48.8 Å². The van der Waals surface area contributed by atoms with E-state index in [2.05, 4.69) is 18.8 Å². The Morgan fingerprint density at radius 2 is 2.06 bits per heavy atom. The Morgan fingerprint density at radius 3 is 2.75 bits per heavy atom. The van der Waals surface area contributed by atoms with Gasteiger partial charge in [-0.05, 0) is 42.2 Å². The van der Waals surface area contributed by atoms with Crippen molar-refractivity contribution in [1.29, 1.82) is 0 Å². The highest BCUT2D eigenvalue weighted by Crippen LogP contribution is 2.29. The fourth-order valence-corrected chi connectivity index (χ4v) is 3.87. The van der Waals surface area contributed by atoms with Crippen LogP contribution in [0.2, 0.25) is 0 Å². The molecule has 2 heterocycles. The van der Waals surface area contributed by atoms with Gasteiger partial charge in [0.25, 0.3) is 0 Å². The lowest BCUT2D eigenvalue weighted by molar-refractivity contribution is -0.144. The van der Waals surface area contributed by atoms with Crippen molar-refractivity contribution in [3.05, 3.63) is 59.9 Å². The summed E-state index contributed by atoms with van der Waals surface area (Å²) in [6, 6.07) is 11.6. The highest BCUT2D eigenvalue weighted by molar-refractivity contribution is 6.00. The van der Waals surface area contributed by atoms with Gasteiger partial charge >= 0.3 is 5.97 Å². The second kappa shape index (κ2) is 10.9. The molecule has 1 unspecified atom stereocenters. The Bertz CT molecular complexity index is 945. The van der Waals surface area contributed by atoms with Crippen molar-refractivity contribution in [3.63, 3.8) is 0 Å². The van der Waals surface area contributed by atoms with Gasteiger partial charge < -0.3 is 14.5 Å². The number of ether oxygens (including phenoxy) is 1. The number of carbonyl (C=O) groups is 3. The number of carbonyl (C=O) groups excluding carboxylic acids is 3. The van der Waals surface area contributed by atoms with Crippen molar-refractivity contribution in [2.75, 3.05) is 24.6 Å². The molecule has 32 heavy (non-hydrogen) atoms. The zero-order chi connectivity index (χ0) is 23.1. The lowest BCUT2D eigenvalue weighted by Gasteiger charge is -2.25. The third-order valence-corrected chi connectivity index (χ3v) is 5.62. The van der Waals surface area contributed by atoms with E-state index in [1.54, 1.807) is 29.1 Å². The molecular weight excluding hydrogens is 406 g/mol. The monoisotopic (exact) mass is 437 g/mol. The van der Waals surface area contributed by atoms with E-state index in [1.807, 2.05) is 36.4 Å². The van der Waals surface area contributed by atoms with Crippen LogP contribution in [0.5, 0.6) is 0 Å². The summed E-state index contributed by atoms with van der Waals surface area (Å²) in [6.07, 6.45) is 3.65. The van der Waals surface area contributed by atoms with E-state index in [1.165, 1.54) is 0 Å². The topological polar surface area (TPSA) is 79.8 Å². The number of benzene rings is 1. The summed E-state index contributed by atoms with van der Waals surface area (Å²) >= 11 is 0. The molecule has 0 N–H and O–H groups in total. The molecule has 1 aliphatic heterocycles. The maximum atomic E-state index is 13.4. The molecule has 1 aliphatic rings. The van der Waals surface area contributed by atoms with Crippen LogP contribution in [-0.2, 0) is 25.7 Å². The molecule has 2 amide bonds. The first kappa shape index (κ1) is 23.4. The van der Waals surface area contributed by atoms with Gasteiger partial charge in [0.15, 0.2) is 0 Å². The quantitative estimate of drug-likeness (QED) is 0.561. The molecule has 7 heteroatoms. The molecule has 0 radical (unpaired) electrons. The van der Waals surface area contributed by atoms with Crippen molar-refractivity contribution in [2.24, 2.45) is 5.92 Å². The number of esters is 1. The Hall–Kier alpha value is -3.22. The normalized spacial score (nSPS) is 15.8. The second-order valence-corrected chi connectivity index (χ2v) is 8.33. The van der Waals surface area contributed by atoms with Crippen molar-refractivity contribution in [2.45, 2.75) is 46.1 Å². The Balaban J connectivity index is 1.74. The van der Waals surface area contributed by atoms with E-state index in [0.717, 1.165) is 16.8 Å². The van der Waals surface area contributed by atoms with Crippen LogP contribution in [-0.4, -0.2) is 47.4 Å². The zero-order valence-corrected chi connectivity index (χ0v) is 19.0. The molecule has 1 aromatic heterocycles. The zero-order valence-electron chi connectivity index (χ0n) is 19.0. The first-order valence-electron chi connectivity index (χ1n) is 11.1. The van der Waals surface area contributed by atoms with Crippen LogP contribution >= 0.6 is 0 Å². The maximum Gasteiger partial charge on any atom is 0.307 e. The molecule has 170 valence electrons.